The molecular formula is C28H29NO3S. The summed E-state index contributed by atoms with van der Waals surface area (Å²) in [6.07, 6.45) is 7.12. The molecule has 170 valence electrons. The predicted molar refractivity (Wildman–Crippen MR) is 134 cm³/mol. The van der Waals surface area contributed by atoms with E-state index in [0.29, 0.717) is 18.0 Å². The van der Waals surface area contributed by atoms with E-state index in [-0.39, 0.29) is 5.92 Å². The summed E-state index contributed by atoms with van der Waals surface area (Å²) in [4.78, 5) is 0.349. The first kappa shape index (κ1) is 23.0. The highest BCUT2D eigenvalue weighted by Crippen LogP contribution is 2.32. The molecule has 0 bridgehead atoms. The van der Waals surface area contributed by atoms with E-state index >= 15 is 0 Å². The Kier molecular flexibility index (Phi) is 7.11. The van der Waals surface area contributed by atoms with Crippen molar-refractivity contribution in [3.63, 3.8) is 0 Å². The molecule has 3 aromatic carbocycles. The van der Waals surface area contributed by atoms with E-state index in [0.717, 1.165) is 34.4 Å². The van der Waals surface area contributed by atoms with Crippen molar-refractivity contribution >= 4 is 22.2 Å². The van der Waals surface area contributed by atoms with Crippen molar-refractivity contribution in [1.82, 2.24) is 4.31 Å². The second-order valence-electron chi connectivity index (χ2n) is 8.35. The van der Waals surface area contributed by atoms with Crippen LogP contribution < -0.4 is 4.74 Å². The average Bonchev–Trinajstić information content (AvgIpc) is 3.24. The van der Waals surface area contributed by atoms with E-state index in [9.17, 15) is 8.42 Å². The summed E-state index contributed by atoms with van der Waals surface area (Å²) in [6.45, 7) is 2.84. The summed E-state index contributed by atoms with van der Waals surface area (Å²) in [5, 5.41) is 0. The van der Waals surface area contributed by atoms with Crippen molar-refractivity contribution in [2.24, 2.45) is 5.92 Å². The summed E-state index contributed by atoms with van der Waals surface area (Å²) < 4.78 is 33.5. The summed E-state index contributed by atoms with van der Waals surface area (Å²) in [5.41, 5.74) is 4.36. The summed E-state index contributed by atoms with van der Waals surface area (Å²) >= 11 is 0. The Morgan fingerprint density at radius 1 is 0.939 bits per heavy atom. The Hall–Kier alpha value is -3.15. The quantitative estimate of drug-likeness (QED) is 0.448. The third-order valence-corrected chi connectivity index (χ3v) is 7.79. The topological polar surface area (TPSA) is 46.6 Å². The Balaban J connectivity index is 1.56. The van der Waals surface area contributed by atoms with Gasteiger partial charge in [0.1, 0.15) is 5.75 Å². The number of hydrogen-bond acceptors (Lipinski definition) is 3. The van der Waals surface area contributed by atoms with Gasteiger partial charge in [-0.15, -0.1) is 0 Å². The molecule has 4 rings (SSSR count). The zero-order chi connectivity index (χ0) is 23.3. The molecule has 0 aromatic heterocycles. The first-order chi connectivity index (χ1) is 16.0. The fourth-order valence-corrected chi connectivity index (χ4v) is 5.51. The molecule has 1 aliphatic rings. The lowest BCUT2D eigenvalue weighted by Crippen LogP contribution is -2.28. The summed E-state index contributed by atoms with van der Waals surface area (Å²) in [7, 11) is -1.89. The SMILES string of the molecule is COc1ccc(/C=C/CC2CN(S(=O)(=O)c3ccc(C)cc3)C/C2=C/c2ccccc2)cc1. The van der Waals surface area contributed by atoms with Crippen molar-refractivity contribution < 1.29 is 13.2 Å². The number of benzene rings is 3. The van der Waals surface area contributed by atoms with Crippen LogP contribution in [0.1, 0.15) is 23.1 Å². The maximum absolute atomic E-state index is 13.3. The number of aryl methyl sites for hydroxylation is 1. The van der Waals surface area contributed by atoms with E-state index in [1.165, 1.54) is 0 Å². The minimum Gasteiger partial charge on any atom is -0.497 e. The smallest absolute Gasteiger partial charge is 0.243 e. The minimum atomic E-state index is -3.54. The van der Waals surface area contributed by atoms with Crippen molar-refractivity contribution in [3.05, 3.63) is 107 Å². The van der Waals surface area contributed by atoms with Gasteiger partial charge >= 0.3 is 0 Å². The molecule has 1 heterocycles. The van der Waals surface area contributed by atoms with E-state index < -0.39 is 10.0 Å². The molecule has 1 unspecified atom stereocenters. The van der Waals surface area contributed by atoms with E-state index in [1.807, 2.05) is 73.7 Å². The standard InChI is InChI=1S/C28H29NO3S/c1-22-11-17-28(18-12-22)33(30,31)29-20-25(26(21-29)19-24-7-4-3-5-8-24)10-6-9-23-13-15-27(32-2)16-14-23/h3-9,11-19,25H,10,20-21H2,1-2H3/b9-6+,26-19-. The fourth-order valence-electron chi connectivity index (χ4n) is 4.04. The van der Waals surface area contributed by atoms with Crippen LogP contribution in [0.4, 0.5) is 0 Å². The summed E-state index contributed by atoms with van der Waals surface area (Å²) in [5.74, 6) is 0.952. The van der Waals surface area contributed by atoms with Gasteiger partial charge in [0.05, 0.1) is 12.0 Å². The van der Waals surface area contributed by atoms with Gasteiger partial charge in [-0.25, -0.2) is 8.42 Å². The minimum absolute atomic E-state index is 0.125. The lowest BCUT2D eigenvalue weighted by molar-refractivity contribution is 0.415. The van der Waals surface area contributed by atoms with Crippen LogP contribution in [0.2, 0.25) is 0 Å². The van der Waals surface area contributed by atoms with Crippen LogP contribution in [-0.2, 0) is 10.0 Å². The Morgan fingerprint density at radius 3 is 2.30 bits per heavy atom. The van der Waals surface area contributed by atoms with Crippen LogP contribution in [0.15, 0.2) is 95.4 Å². The van der Waals surface area contributed by atoms with Gasteiger partial charge in [0.25, 0.3) is 0 Å². The van der Waals surface area contributed by atoms with E-state index in [1.54, 1.807) is 23.5 Å². The molecule has 33 heavy (non-hydrogen) atoms. The van der Waals surface area contributed by atoms with Crippen molar-refractivity contribution in [2.75, 3.05) is 20.2 Å². The molecule has 0 N–H and O–H groups in total. The fraction of sp³-hybridized carbons (Fsp3) is 0.214. The molecule has 1 aliphatic heterocycles. The van der Waals surface area contributed by atoms with Crippen LogP contribution in [0.5, 0.6) is 5.75 Å². The normalized spacial score (nSPS) is 18.2. The number of allylic oxidation sites excluding steroid dienone is 1. The van der Waals surface area contributed by atoms with Gasteiger partial charge in [-0.05, 0) is 60.2 Å². The molecule has 5 heteroatoms. The lowest BCUT2D eigenvalue weighted by Gasteiger charge is -2.16. The molecule has 4 nitrogen and oxygen atoms in total. The predicted octanol–water partition coefficient (Wildman–Crippen LogP) is 5.81. The van der Waals surface area contributed by atoms with Gasteiger partial charge in [-0.1, -0.05) is 78.4 Å². The molecule has 0 spiro atoms. The zero-order valence-corrected chi connectivity index (χ0v) is 19.8. The van der Waals surface area contributed by atoms with Gasteiger partial charge in [0.2, 0.25) is 10.0 Å². The number of nitrogens with zero attached hydrogens (tertiary/aromatic N) is 1. The number of ether oxygens (including phenoxy) is 1. The van der Waals surface area contributed by atoms with Crippen LogP contribution in [0.3, 0.4) is 0 Å². The Bertz CT molecular complexity index is 1230. The lowest BCUT2D eigenvalue weighted by atomic mass is 9.96. The highest BCUT2D eigenvalue weighted by atomic mass is 32.2. The second kappa shape index (κ2) is 10.2. The van der Waals surface area contributed by atoms with E-state index in [2.05, 4.69) is 18.2 Å². The third-order valence-electron chi connectivity index (χ3n) is 5.96. The molecule has 1 fully saturated rings. The van der Waals surface area contributed by atoms with Gasteiger partial charge in [-0.2, -0.15) is 4.31 Å². The monoisotopic (exact) mass is 459 g/mol. The third kappa shape index (κ3) is 5.62. The molecule has 0 amide bonds. The zero-order valence-electron chi connectivity index (χ0n) is 19.0. The first-order valence-electron chi connectivity index (χ1n) is 11.1. The summed E-state index contributed by atoms with van der Waals surface area (Å²) in [6, 6.07) is 25.1. The van der Waals surface area contributed by atoms with Gasteiger partial charge < -0.3 is 4.74 Å². The number of rotatable bonds is 7. The van der Waals surface area contributed by atoms with Crippen LogP contribution in [0.25, 0.3) is 12.2 Å². The number of hydrogen-bond donors (Lipinski definition) is 0. The first-order valence-corrected chi connectivity index (χ1v) is 12.5. The Labute approximate surface area is 196 Å². The maximum atomic E-state index is 13.3. The molecule has 0 radical (unpaired) electrons. The number of methoxy groups -OCH3 is 1. The van der Waals surface area contributed by atoms with Crippen LogP contribution in [0, 0.1) is 12.8 Å². The molecular weight excluding hydrogens is 430 g/mol. The highest BCUT2D eigenvalue weighted by Gasteiger charge is 2.35. The van der Waals surface area contributed by atoms with Gasteiger partial charge in [0, 0.05) is 13.1 Å². The average molecular weight is 460 g/mol. The largest absolute Gasteiger partial charge is 0.497 e. The van der Waals surface area contributed by atoms with Crippen molar-refractivity contribution in [3.8, 4) is 5.75 Å². The molecule has 3 aromatic rings. The molecule has 0 aliphatic carbocycles. The molecule has 1 atom stereocenters. The van der Waals surface area contributed by atoms with Crippen LogP contribution in [-0.4, -0.2) is 32.9 Å². The highest BCUT2D eigenvalue weighted by molar-refractivity contribution is 7.89. The molecule has 1 saturated heterocycles. The van der Waals surface area contributed by atoms with Gasteiger partial charge in [0.15, 0.2) is 0 Å². The number of sulfonamides is 1. The van der Waals surface area contributed by atoms with Crippen molar-refractivity contribution in [1.29, 1.82) is 0 Å². The van der Waals surface area contributed by atoms with Crippen LogP contribution >= 0.6 is 0 Å². The van der Waals surface area contributed by atoms with Gasteiger partial charge in [-0.3, -0.25) is 0 Å². The van der Waals surface area contributed by atoms with Crippen molar-refractivity contribution in [2.45, 2.75) is 18.2 Å². The second-order valence-corrected chi connectivity index (χ2v) is 10.3. The maximum Gasteiger partial charge on any atom is 0.243 e. The van der Waals surface area contributed by atoms with E-state index in [4.69, 9.17) is 4.74 Å². The Morgan fingerprint density at radius 2 is 1.64 bits per heavy atom. The molecule has 0 saturated carbocycles.